The number of pyridine rings is 1. The maximum Gasteiger partial charge on any atom is 0.215 e. The van der Waals surface area contributed by atoms with Gasteiger partial charge in [0.25, 0.3) is 0 Å². The molecule has 0 aliphatic rings. The molecule has 0 atom stereocenters. The summed E-state index contributed by atoms with van der Waals surface area (Å²) in [6, 6.07) is 3.63. The van der Waals surface area contributed by atoms with Gasteiger partial charge in [0.15, 0.2) is 6.79 Å². The average Bonchev–Trinajstić information content (AvgIpc) is 2.04. The number of hydrogen-bond acceptors (Lipinski definition) is 3. The fourth-order valence-corrected chi connectivity index (χ4v) is 0.801. The Labute approximate surface area is 73.5 Å². The summed E-state index contributed by atoms with van der Waals surface area (Å²) in [4.78, 5) is 3.97. The van der Waals surface area contributed by atoms with Crippen LogP contribution >= 0.6 is 15.9 Å². The second kappa shape index (κ2) is 4.31. The Hall–Kier alpha value is -0.610. The fourth-order valence-electron chi connectivity index (χ4n) is 0.567. The van der Waals surface area contributed by atoms with Crippen molar-refractivity contribution in [2.75, 3.05) is 13.9 Å². The summed E-state index contributed by atoms with van der Waals surface area (Å²) in [6.45, 7) is 0.231. The van der Waals surface area contributed by atoms with Gasteiger partial charge in [0.2, 0.25) is 5.88 Å². The molecule has 1 aromatic heterocycles. The van der Waals surface area contributed by atoms with Crippen molar-refractivity contribution in [3.05, 3.63) is 22.8 Å². The van der Waals surface area contributed by atoms with Crippen molar-refractivity contribution in [3.63, 3.8) is 0 Å². The molecule has 0 fully saturated rings. The topological polar surface area (TPSA) is 31.4 Å². The highest BCUT2D eigenvalue weighted by atomic mass is 79.9. The summed E-state index contributed by atoms with van der Waals surface area (Å²) in [5.74, 6) is 0.565. The van der Waals surface area contributed by atoms with Crippen LogP contribution in [0.25, 0.3) is 0 Å². The standard InChI is InChI=1S/C7H8BrNO2/c1-10-5-11-7-3-2-6(8)4-9-7/h2-4H,5H2,1H3. The highest BCUT2D eigenvalue weighted by Gasteiger charge is 1.92. The number of halogens is 1. The molecule has 1 heterocycles. The molecule has 4 heteroatoms. The molecule has 1 aromatic rings. The van der Waals surface area contributed by atoms with Crippen molar-refractivity contribution in [3.8, 4) is 5.88 Å². The summed E-state index contributed by atoms with van der Waals surface area (Å²) in [5.41, 5.74) is 0. The van der Waals surface area contributed by atoms with Gasteiger partial charge in [-0.3, -0.25) is 0 Å². The van der Waals surface area contributed by atoms with Gasteiger partial charge in [-0.1, -0.05) is 0 Å². The minimum Gasteiger partial charge on any atom is -0.451 e. The van der Waals surface area contributed by atoms with Gasteiger partial charge in [0.1, 0.15) is 0 Å². The van der Waals surface area contributed by atoms with E-state index in [1.807, 2.05) is 6.07 Å². The SMILES string of the molecule is COCOc1ccc(Br)cn1. The van der Waals surface area contributed by atoms with Crippen molar-refractivity contribution in [2.45, 2.75) is 0 Å². The Morgan fingerprint density at radius 1 is 1.55 bits per heavy atom. The van der Waals surface area contributed by atoms with E-state index in [1.54, 1.807) is 19.4 Å². The third kappa shape index (κ3) is 2.86. The number of hydrogen-bond donors (Lipinski definition) is 0. The maximum atomic E-state index is 5.06. The molecule has 0 saturated heterocycles. The van der Waals surface area contributed by atoms with Crippen molar-refractivity contribution in [2.24, 2.45) is 0 Å². The van der Waals surface area contributed by atoms with Gasteiger partial charge in [0.05, 0.1) is 0 Å². The Balaban J connectivity index is 2.52. The smallest absolute Gasteiger partial charge is 0.215 e. The van der Waals surface area contributed by atoms with Crippen LogP contribution in [0, 0.1) is 0 Å². The zero-order valence-corrected chi connectivity index (χ0v) is 7.67. The Morgan fingerprint density at radius 2 is 2.36 bits per heavy atom. The van der Waals surface area contributed by atoms with E-state index in [9.17, 15) is 0 Å². The maximum absolute atomic E-state index is 5.06. The van der Waals surface area contributed by atoms with Crippen LogP contribution in [0.15, 0.2) is 22.8 Å². The van der Waals surface area contributed by atoms with Crippen molar-refractivity contribution < 1.29 is 9.47 Å². The van der Waals surface area contributed by atoms with Gasteiger partial charge in [-0.05, 0) is 22.0 Å². The van der Waals surface area contributed by atoms with Crippen LogP contribution in [-0.2, 0) is 4.74 Å². The van der Waals surface area contributed by atoms with Gasteiger partial charge < -0.3 is 9.47 Å². The lowest BCUT2D eigenvalue weighted by atomic mass is 10.5. The van der Waals surface area contributed by atoms with Gasteiger partial charge in [0, 0.05) is 23.8 Å². The van der Waals surface area contributed by atoms with Crippen molar-refractivity contribution in [1.29, 1.82) is 0 Å². The third-order valence-electron chi connectivity index (χ3n) is 1.02. The predicted molar refractivity (Wildman–Crippen MR) is 44.4 cm³/mol. The highest BCUT2D eigenvalue weighted by molar-refractivity contribution is 9.10. The summed E-state index contributed by atoms with van der Waals surface area (Å²) in [5, 5.41) is 0. The molecule has 0 bridgehead atoms. The van der Waals surface area contributed by atoms with E-state index in [0.29, 0.717) is 5.88 Å². The molecule has 3 nitrogen and oxygen atoms in total. The molecule has 60 valence electrons. The predicted octanol–water partition coefficient (Wildman–Crippen LogP) is 1.83. The van der Waals surface area contributed by atoms with E-state index >= 15 is 0 Å². The molecule has 0 unspecified atom stereocenters. The van der Waals surface area contributed by atoms with Gasteiger partial charge in [-0.15, -0.1) is 0 Å². The Morgan fingerprint density at radius 3 is 2.91 bits per heavy atom. The number of ether oxygens (including phenoxy) is 2. The monoisotopic (exact) mass is 217 g/mol. The Bertz CT molecular complexity index is 212. The molecule has 0 radical (unpaired) electrons. The molecule has 11 heavy (non-hydrogen) atoms. The summed E-state index contributed by atoms with van der Waals surface area (Å²) in [6.07, 6.45) is 1.67. The zero-order chi connectivity index (χ0) is 8.10. The second-order valence-corrected chi connectivity index (χ2v) is 2.78. The highest BCUT2D eigenvalue weighted by Crippen LogP contribution is 2.11. The van der Waals surface area contributed by atoms with Gasteiger partial charge in [-0.2, -0.15) is 0 Å². The number of aromatic nitrogens is 1. The first kappa shape index (κ1) is 8.49. The first-order valence-electron chi connectivity index (χ1n) is 3.06. The molecule has 0 amide bonds. The Kier molecular flexibility index (Phi) is 3.32. The first-order chi connectivity index (χ1) is 5.33. The molecule has 0 aliphatic carbocycles. The van der Waals surface area contributed by atoms with E-state index in [2.05, 4.69) is 20.9 Å². The largest absolute Gasteiger partial charge is 0.451 e. The molecule has 1 rings (SSSR count). The van der Waals surface area contributed by atoms with Gasteiger partial charge in [-0.25, -0.2) is 4.98 Å². The number of rotatable bonds is 3. The lowest BCUT2D eigenvalue weighted by molar-refractivity contribution is 0.0478. The lowest BCUT2D eigenvalue weighted by Gasteiger charge is -2.01. The van der Waals surface area contributed by atoms with Crippen LogP contribution in [0.2, 0.25) is 0 Å². The quantitative estimate of drug-likeness (QED) is 0.725. The van der Waals surface area contributed by atoms with Crippen LogP contribution < -0.4 is 4.74 Å². The van der Waals surface area contributed by atoms with E-state index in [4.69, 9.17) is 9.47 Å². The van der Waals surface area contributed by atoms with Crippen LogP contribution in [0.4, 0.5) is 0 Å². The number of methoxy groups -OCH3 is 1. The zero-order valence-electron chi connectivity index (χ0n) is 6.08. The van der Waals surface area contributed by atoms with Gasteiger partial charge >= 0.3 is 0 Å². The first-order valence-corrected chi connectivity index (χ1v) is 3.85. The van der Waals surface area contributed by atoms with Crippen LogP contribution in [0.3, 0.4) is 0 Å². The van der Waals surface area contributed by atoms with E-state index in [0.717, 1.165) is 4.47 Å². The minimum absolute atomic E-state index is 0.231. The molecule has 0 spiro atoms. The molecule has 0 N–H and O–H groups in total. The summed E-state index contributed by atoms with van der Waals surface area (Å²) >= 11 is 3.26. The average molecular weight is 218 g/mol. The van der Waals surface area contributed by atoms with Crippen LogP contribution in [0.5, 0.6) is 5.88 Å². The molecular formula is C7H8BrNO2. The van der Waals surface area contributed by atoms with Crippen LogP contribution in [-0.4, -0.2) is 18.9 Å². The fraction of sp³-hybridized carbons (Fsp3) is 0.286. The molecule has 0 aliphatic heterocycles. The summed E-state index contributed by atoms with van der Waals surface area (Å²) < 4.78 is 10.7. The van der Waals surface area contributed by atoms with E-state index in [-0.39, 0.29) is 6.79 Å². The molecule has 0 saturated carbocycles. The third-order valence-corrected chi connectivity index (χ3v) is 1.49. The lowest BCUT2D eigenvalue weighted by Crippen LogP contribution is -1.99. The van der Waals surface area contributed by atoms with E-state index in [1.165, 1.54) is 0 Å². The van der Waals surface area contributed by atoms with Crippen LogP contribution in [0.1, 0.15) is 0 Å². The molecular weight excluding hydrogens is 210 g/mol. The van der Waals surface area contributed by atoms with Crippen molar-refractivity contribution >= 4 is 15.9 Å². The van der Waals surface area contributed by atoms with E-state index < -0.39 is 0 Å². The minimum atomic E-state index is 0.231. The normalized spacial score (nSPS) is 9.64. The van der Waals surface area contributed by atoms with Crippen molar-refractivity contribution in [1.82, 2.24) is 4.98 Å². The summed E-state index contributed by atoms with van der Waals surface area (Å²) in [7, 11) is 1.57. The second-order valence-electron chi connectivity index (χ2n) is 1.87. The number of nitrogens with zero attached hydrogens (tertiary/aromatic N) is 1. The molecule has 0 aromatic carbocycles.